The first-order valence-electron chi connectivity index (χ1n) is 9.22. The van der Waals surface area contributed by atoms with Crippen LogP contribution in [0.25, 0.3) is 6.08 Å². The molecule has 28 heavy (non-hydrogen) atoms. The molecule has 0 aliphatic heterocycles. The minimum atomic E-state index is -0.451. The molecule has 148 valence electrons. The quantitative estimate of drug-likeness (QED) is 0.564. The van der Waals surface area contributed by atoms with Crippen LogP contribution in [-0.4, -0.2) is 18.4 Å². The molecule has 0 saturated heterocycles. The lowest BCUT2D eigenvalue weighted by Gasteiger charge is -2.09. The summed E-state index contributed by atoms with van der Waals surface area (Å²) in [6, 6.07) is 15.3. The Kier molecular flexibility index (Phi) is 8.55. The maximum Gasteiger partial charge on any atom is 0.411 e. The SMILES string of the molecule is CCCOC(=O)Nc1ccccc1N=C1CCC/C1=C\c1ccc(Cl)cc1.Cl. The van der Waals surface area contributed by atoms with E-state index >= 15 is 0 Å². The zero-order chi connectivity index (χ0) is 19.1. The molecule has 0 atom stereocenters. The fourth-order valence-corrected chi connectivity index (χ4v) is 3.08. The summed E-state index contributed by atoms with van der Waals surface area (Å²) in [6.45, 7) is 2.36. The summed E-state index contributed by atoms with van der Waals surface area (Å²) < 4.78 is 5.11. The highest BCUT2D eigenvalue weighted by molar-refractivity contribution is 6.30. The molecule has 1 saturated carbocycles. The molecule has 0 aromatic heterocycles. The second kappa shape index (κ2) is 10.9. The third-order valence-corrected chi connectivity index (χ3v) is 4.53. The van der Waals surface area contributed by atoms with Gasteiger partial charge in [0.05, 0.1) is 18.0 Å². The Morgan fingerprint density at radius 2 is 1.93 bits per heavy atom. The van der Waals surface area contributed by atoms with Gasteiger partial charge in [0, 0.05) is 10.7 Å². The third kappa shape index (κ3) is 6.11. The maximum absolute atomic E-state index is 11.9. The second-order valence-corrected chi connectivity index (χ2v) is 6.85. The van der Waals surface area contributed by atoms with E-state index in [2.05, 4.69) is 11.4 Å². The van der Waals surface area contributed by atoms with Crippen LogP contribution in [0.5, 0.6) is 0 Å². The normalized spacial score (nSPS) is 16.1. The van der Waals surface area contributed by atoms with Crippen molar-refractivity contribution in [2.75, 3.05) is 11.9 Å². The van der Waals surface area contributed by atoms with Gasteiger partial charge in [-0.25, -0.2) is 4.79 Å². The molecule has 0 spiro atoms. The van der Waals surface area contributed by atoms with Gasteiger partial charge in [-0.3, -0.25) is 10.3 Å². The van der Waals surface area contributed by atoms with Crippen molar-refractivity contribution < 1.29 is 9.53 Å². The summed E-state index contributed by atoms with van der Waals surface area (Å²) in [4.78, 5) is 16.7. The summed E-state index contributed by atoms with van der Waals surface area (Å²) in [5.41, 5.74) is 4.79. The van der Waals surface area contributed by atoms with E-state index in [9.17, 15) is 4.79 Å². The van der Waals surface area contributed by atoms with Crippen molar-refractivity contribution in [3.05, 3.63) is 64.7 Å². The molecule has 1 N–H and O–H groups in total. The number of ether oxygens (including phenoxy) is 1. The number of carbonyl (C=O) groups excluding carboxylic acids is 1. The topological polar surface area (TPSA) is 50.7 Å². The van der Waals surface area contributed by atoms with Crippen molar-refractivity contribution in [2.45, 2.75) is 32.6 Å². The molecular weight excluding hydrogens is 395 g/mol. The number of carbonyl (C=O) groups is 1. The molecule has 6 heteroatoms. The monoisotopic (exact) mass is 418 g/mol. The van der Waals surface area contributed by atoms with Gasteiger partial charge in [0.1, 0.15) is 0 Å². The highest BCUT2D eigenvalue weighted by Crippen LogP contribution is 2.31. The Morgan fingerprint density at radius 1 is 1.18 bits per heavy atom. The number of benzene rings is 2. The number of para-hydroxylation sites is 2. The predicted octanol–water partition coefficient (Wildman–Crippen LogP) is 7.06. The van der Waals surface area contributed by atoms with Gasteiger partial charge in [-0.15, -0.1) is 12.4 Å². The smallest absolute Gasteiger partial charge is 0.411 e. The van der Waals surface area contributed by atoms with E-state index in [1.807, 2.05) is 55.5 Å². The number of hydrogen-bond donors (Lipinski definition) is 1. The summed E-state index contributed by atoms with van der Waals surface area (Å²) in [5.74, 6) is 0. The van der Waals surface area contributed by atoms with E-state index in [4.69, 9.17) is 21.3 Å². The van der Waals surface area contributed by atoms with Gasteiger partial charge in [-0.1, -0.05) is 42.8 Å². The Hall–Kier alpha value is -2.30. The third-order valence-electron chi connectivity index (χ3n) is 4.27. The zero-order valence-electron chi connectivity index (χ0n) is 15.8. The van der Waals surface area contributed by atoms with E-state index in [1.54, 1.807) is 0 Å². The summed E-state index contributed by atoms with van der Waals surface area (Å²) in [5, 5.41) is 3.52. The first-order chi connectivity index (χ1) is 13.2. The number of anilines is 1. The molecule has 1 aliphatic rings. The van der Waals surface area contributed by atoms with Crippen molar-refractivity contribution in [1.82, 2.24) is 0 Å². The minimum absolute atomic E-state index is 0. The summed E-state index contributed by atoms with van der Waals surface area (Å²) in [6.07, 6.45) is 5.49. The van der Waals surface area contributed by atoms with E-state index in [1.165, 1.54) is 5.57 Å². The molecule has 3 rings (SSSR count). The average Bonchev–Trinajstić information content (AvgIpc) is 3.10. The van der Waals surface area contributed by atoms with Crippen LogP contribution in [-0.2, 0) is 4.74 Å². The number of amides is 1. The van der Waals surface area contributed by atoms with Crippen LogP contribution in [0.3, 0.4) is 0 Å². The van der Waals surface area contributed by atoms with Crippen LogP contribution < -0.4 is 5.32 Å². The molecule has 0 radical (unpaired) electrons. The van der Waals surface area contributed by atoms with E-state index in [-0.39, 0.29) is 12.4 Å². The number of hydrogen-bond acceptors (Lipinski definition) is 3. The van der Waals surface area contributed by atoms with Gasteiger partial charge in [0.15, 0.2) is 0 Å². The number of aliphatic imine (C=N–C) groups is 1. The van der Waals surface area contributed by atoms with Crippen LogP contribution in [0.15, 0.2) is 59.1 Å². The summed E-state index contributed by atoms with van der Waals surface area (Å²) >= 11 is 5.97. The van der Waals surface area contributed by atoms with Crippen molar-refractivity contribution in [3.63, 3.8) is 0 Å². The largest absolute Gasteiger partial charge is 0.449 e. The zero-order valence-corrected chi connectivity index (χ0v) is 17.4. The Bertz CT molecular complexity index is 861. The Balaban J connectivity index is 0.00000280. The van der Waals surface area contributed by atoms with Crippen LogP contribution in [0, 0.1) is 0 Å². The van der Waals surface area contributed by atoms with Crippen molar-refractivity contribution in [2.24, 2.45) is 4.99 Å². The maximum atomic E-state index is 11.9. The molecule has 1 aliphatic carbocycles. The molecule has 2 aromatic carbocycles. The minimum Gasteiger partial charge on any atom is -0.449 e. The number of nitrogens with zero attached hydrogens (tertiary/aromatic N) is 1. The Morgan fingerprint density at radius 3 is 2.68 bits per heavy atom. The lowest BCUT2D eigenvalue weighted by Crippen LogP contribution is -2.14. The highest BCUT2D eigenvalue weighted by atomic mass is 35.5. The number of halogens is 2. The lowest BCUT2D eigenvalue weighted by molar-refractivity contribution is 0.161. The van der Waals surface area contributed by atoms with E-state index < -0.39 is 6.09 Å². The average molecular weight is 419 g/mol. The van der Waals surface area contributed by atoms with Crippen LogP contribution >= 0.6 is 24.0 Å². The van der Waals surface area contributed by atoms with Crippen molar-refractivity contribution in [3.8, 4) is 0 Å². The van der Waals surface area contributed by atoms with Gasteiger partial charge < -0.3 is 4.74 Å². The molecule has 0 bridgehead atoms. The molecule has 1 amide bonds. The van der Waals surface area contributed by atoms with Gasteiger partial charge in [-0.2, -0.15) is 0 Å². The van der Waals surface area contributed by atoms with Crippen molar-refractivity contribution in [1.29, 1.82) is 0 Å². The van der Waals surface area contributed by atoms with E-state index in [0.29, 0.717) is 12.3 Å². The molecular formula is C22H24Cl2N2O2. The first kappa shape index (κ1) is 22.0. The first-order valence-corrected chi connectivity index (χ1v) is 9.60. The van der Waals surface area contributed by atoms with Crippen LogP contribution in [0.4, 0.5) is 16.2 Å². The number of nitrogens with one attached hydrogen (secondary N) is 1. The number of rotatable bonds is 5. The van der Waals surface area contributed by atoms with Crippen molar-refractivity contribution >= 4 is 53.3 Å². The fourth-order valence-electron chi connectivity index (χ4n) is 2.96. The summed E-state index contributed by atoms with van der Waals surface area (Å²) in [7, 11) is 0. The lowest BCUT2D eigenvalue weighted by atomic mass is 10.1. The number of allylic oxidation sites excluding steroid dienone is 1. The molecule has 1 fully saturated rings. The van der Waals surface area contributed by atoms with Gasteiger partial charge >= 0.3 is 6.09 Å². The molecule has 0 unspecified atom stereocenters. The Labute approximate surface area is 177 Å². The molecule has 2 aromatic rings. The fraction of sp³-hybridized carbons (Fsp3) is 0.273. The predicted molar refractivity (Wildman–Crippen MR) is 119 cm³/mol. The van der Waals surface area contributed by atoms with Gasteiger partial charge in [0.2, 0.25) is 0 Å². The van der Waals surface area contributed by atoms with Crippen LogP contribution in [0.2, 0.25) is 5.02 Å². The van der Waals surface area contributed by atoms with Gasteiger partial charge in [0.25, 0.3) is 0 Å². The van der Waals surface area contributed by atoms with Gasteiger partial charge in [-0.05, 0) is 67.2 Å². The van der Waals surface area contributed by atoms with E-state index in [0.717, 1.165) is 47.7 Å². The molecule has 4 nitrogen and oxygen atoms in total. The standard InChI is InChI=1S/C22H23ClN2O2.ClH/c1-2-14-27-22(26)25-21-8-4-3-7-20(21)24-19-9-5-6-17(19)15-16-10-12-18(23)13-11-16;/h3-4,7-8,10-13,15H,2,5-6,9,14H2,1H3,(H,25,26);1H/b17-15+,24-19?;. The molecule has 0 heterocycles. The second-order valence-electron chi connectivity index (χ2n) is 6.41. The van der Waals surface area contributed by atoms with Crippen LogP contribution in [0.1, 0.15) is 38.2 Å². The highest BCUT2D eigenvalue weighted by Gasteiger charge is 2.16.